The van der Waals surface area contributed by atoms with Gasteiger partial charge in [-0.05, 0) is 67.1 Å². The molecule has 152 valence electrons. The lowest BCUT2D eigenvalue weighted by molar-refractivity contribution is 0.226. The van der Waals surface area contributed by atoms with E-state index < -0.39 is 6.17 Å². The van der Waals surface area contributed by atoms with Gasteiger partial charge in [-0.25, -0.2) is 9.92 Å². The molecule has 0 radical (unpaired) electrons. The Balaban J connectivity index is 1.30. The summed E-state index contributed by atoms with van der Waals surface area (Å²) in [5.74, 6) is 0.760. The molecule has 1 aliphatic heterocycles. The Morgan fingerprint density at radius 3 is 2.72 bits per heavy atom. The van der Waals surface area contributed by atoms with Gasteiger partial charge in [-0.2, -0.15) is 5.11 Å². The molecule has 2 aromatic carbocycles. The first kappa shape index (κ1) is 19.6. The molecule has 0 unspecified atom stereocenters. The van der Waals surface area contributed by atoms with Crippen molar-refractivity contribution in [1.29, 1.82) is 5.53 Å². The molecule has 2 atom stereocenters. The predicted molar refractivity (Wildman–Crippen MR) is 111 cm³/mol. The number of nitrogens with zero attached hydrogens (tertiary/aromatic N) is 2. The molecule has 0 spiro atoms. The fraction of sp³-hybridized carbons (Fsp3) is 0.391. The number of fused-ring (bicyclic) bond motifs is 1. The van der Waals surface area contributed by atoms with Gasteiger partial charge in [0, 0.05) is 12.7 Å². The highest BCUT2D eigenvalue weighted by Crippen LogP contribution is 2.34. The highest BCUT2D eigenvalue weighted by atomic mass is 19.1. The van der Waals surface area contributed by atoms with Gasteiger partial charge in [-0.1, -0.05) is 36.4 Å². The van der Waals surface area contributed by atoms with E-state index in [4.69, 9.17) is 5.53 Å². The van der Waals surface area contributed by atoms with Gasteiger partial charge in [-0.3, -0.25) is 4.90 Å². The Hall–Kier alpha value is -2.73. The largest absolute Gasteiger partial charge is 0.508 e. The maximum Gasteiger partial charge on any atom is 0.146 e. The van der Waals surface area contributed by atoms with Crippen LogP contribution < -0.4 is 5.32 Å². The summed E-state index contributed by atoms with van der Waals surface area (Å²) >= 11 is 0. The number of likely N-dealkylation sites (tertiary alicyclic amines) is 1. The van der Waals surface area contributed by atoms with E-state index in [1.807, 2.05) is 36.4 Å². The molecule has 1 aliphatic carbocycles. The van der Waals surface area contributed by atoms with Crippen LogP contribution in [0.4, 0.5) is 4.39 Å². The first-order valence-corrected chi connectivity index (χ1v) is 10.2. The van der Waals surface area contributed by atoms with E-state index in [9.17, 15) is 9.50 Å². The Morgan fingerprint density at radius 1 is 1.21 bits per heavy atom. The number of rotatable bonds is 6. The zero-order chi connectivity index (χ0) is 20.2. The van der Waals surface area contributed by atoms with Gasteiger partial charge >= 0.3 is 0 Å². The van der Waals surface area contributed by atoms with Crippen molar-refractivity contribution in [2.45, 2.75) is 37.4 Å². The summed E-state index contributed by atoms with van der Waals surface area (Å²) in [5, 5.41) is 16.5. The van der Waals surface area contributed by atoms with Crippen molar-refractivity contribution in [2.75, 3.05) is 19.6 Å². The fourth-order valence-electron chi connectivity index (χ4n) is 4.44. The van der Waals surface area contributed by atoms with E-state index in [1.54, 1.807) is 12.3 Å². The molecule has 6 heteroatoms. The summed E-state index contributed by atoms with van der Waals surface area (Å²) in [6.07, 6.45) is 3.33. The number of benzene rings is 2. The van der Waals surface area contributed by atoms with E-state index in [1.165, 1.54) is 5.56 Å². The highest BCUT2D eigenvalue weighted by Gasteiger charge is 2.31. The number of phenolic OH excluding ortho intramolecular Hbond substituents is 1. The molecular formula is C23H27FN4O. The topological polar surface area (TPSA) is 71.7 Å². The number of aromatic hydroxyl groups is 1. The number of nitrogens with one attached hydrogen (secondary N) is 2. The van der Waals surface area contributed by atoms with Crippen LogP contribution in [0.25, 0.3) is 0 Å². The van der Waals surface area contributed by atoms with Crippen molar-refractivity contribution in [2.24, 2.45) is 5.11 Å². The van der Waals surface area contributed by atoms with E-state index >= 15 is 0 Å². The predicted octanol–water partition coefficient (Wildman–Crippen LogP) is 4.67. The molecule has 0 bridgehead atoms. The maximum atomic E-state index is 14.6. The van der Waals surface area contributed by atoms with Gasteiger partial charge in [0.1, 0.15) is 11.9 Å². The Bertz CT molecular complexity index is 892. The molecule has 0 amide bonds. The Morgan fingerprint density at radius 2 is 2.00 bits per heavy atom. The van der Waals surface area contributed by atoms with Crippen molar-refractivity contribution in [3.05, 3.63) is 77.1 Å². The molecule has 0 aromatic heterocycles. The number of alkyl halides is 1. The summed E-state index contributed by atoms with van der Waals surface area (Å²) in [4.78, 5) is 2.28. The lowest BCUT2D eigenvalue weighted by Gasteiger charge is -2.32. The van der Waals surface area contributed by atoms with Crippen molar-refractivity contribution in [3.63, 3.8) is 0 Å². The monoisotopic (exact) mass is 394 g/mol. The average Bonchev–Trinajstić information content (AvgIpc) is 3.07. The number of piperidine rings is 1. The van der Waals surface area contributed by atoms with Gasteiger partial charge in [0.2, 0.25) is 0 Å². The molecule has 3 N–H and O–H groups in total. The van der Waals surface area contributed by atoms with Crippen LogP contribution in [-0.2, 0) is 6.42 Å². The van der Waals surface area contributed by atoms with Gasteiger partial charge < -0.3 is 10.4 Å². The second-order valence-corrected chi connectivity index (χ2v) is 7.97. The smallest absolute Gasteiger partial charge is 0.146 e. The van der Waals surface area contributed by atoms with Crippen molar-refractivity contribution in [3.8, 4) is 5.75 Å². The molecule has 1 fully saturated rings. The zero-order valence-corrected chi connectivity index (χ0v) is 16.4. The summed E-state index contributed by atoms with van der Waals surface area (Å²) in [5.41, 5.74) is 11.1. The maximum absolute atomic E-state index is 14.6. The molecule has 4 rings (SSSR count). The van der Waals surface area contributed by atoms with Crippen molar-refractivity contribution < 1.29 is 9.50 Å². The number of phenols is 1. The lowest BCUT2D eigenvalue weighted by atomic mass is 9.89. The zero-order valence-electron chi connectivity index (χ0n) is 16.4. The van der Waals surface area contributed by atoms with E-state index in [0.29, 0.717) is 30.3 Å². The van der Waals surface area contributed by atoms with Crippen LogP contribution in [0.3, 0.4) is 0 Å². The molecule has 29 heavy (non-hydrogen) atoms. The molecule has 5 nitrogen and oxygen atoms in total. The SMILES string of the molecule is N=N/C(=C\N[C@@H]1Cc2ccccc2[C@H]1F)CN1CCC(c2cccc(O)c2)CC1. The van der Waals surface area contributed by atoms with Gasteiger partial charge in [0.15, 0.2) is 0 Å². The van der Waals surface area contributed by atoms with E-state index in [-0.39, 0.29) is 6.04 Å². The lowest BCUT2D eigenvalue weighted by Crippen LogP contribution is -2.35. The van der Waals surface area contributed by atoms with E-state index in [2.05, 4.69) is 21.4 Å². The van der Waals surface area contributed by atoms with Gasteiger partial charge in [0.25, 0.3) is 0 Å². The van der Waals surface area contributed by atoms with E-state index in [0.717, 1.165) is 37.1 Å². The summed E-state index contributed by atoms with van der Waals surface area (Å²) in [6, 6.07) is 14.8. The van der Waals surface area contributed by atoms with Crippen LogP contribution in [0.1, 0.15) is 41.6 Å². The number of halogens is 1. The van der Waals surface area contributed by atoms with Crippen LogP contribution >= 0.6 is 0 Å². The average molecular weight is 394 g/mol. The molecule has 2 aromatic rings. The molecule has 2 aliphatic rings. The molecular weight excluding hydrogens is 367 g/mol. The quantitative estimate of drug-likeness (QED) is 0.624. The van der Waals surface area contributed by atoms with Crippen molar-refractivity contribution in [1.82, 2.24) is 10.2 Å². The number of hydrogen-bond acceptors (Lipinski definition) is 5. The minimum atomic E-state index is -1.03. The van der Waals surface area contributed by atoms with Crippen molar-refractivity contribution >= 4 is 0 Å². The molecule has 0 saturated carbocycles. The summed E-state index contributed by atoms with van der Waals surface area (Å²) < 4.78 is 14.6. The van der Waals surface area contributed by atoms with Crippen LogP contribution in [0.5, 0.6) is 5.75 Å². The van der Waals surface area contributed by atoms with Crippen LogP contribution in [0.2, 0.25) is 0 Å². The first-order valence-electron chi connectivity index (χ1n) is 10.2. The first-order chi connectivity index (χ1) is 14.1. The van der Waals surface area contributed by atoms with Gasteiger partial charge in [-0.15, -0.1) is 0 Å². The third kappa shape index (κ3) is 4.48. The van der Waals surface area contributed by atoms with Crippen LogP contribution in [0.15, 0.2) is 65.5 Å². The van der Waals surface area contributed by atoms with Gasteiger partial charge in [0.05, 0.1) is 11.7 Å². The Kier molecular flexibility index (Phi) is 5.90. The van der Waals surface area contributed by atoms with Crippen LogP contribution in [0, 0.1) is 5.53 Å². The highest BCUT2D eigenvalue weighted by molar-refractivity contribution is 5.36. The molecule has 1 heterocycles. The normalized spacial score (nSPS) is 23.0. The van der Waals surface area contributed by atoms with Crippen LogP contribution in [-0.4, -0.2) is 35.7 Å². The minimum absolute atomic E-state index is 0.305. The summed E-state index contributed by atoms with van der Waals surface area (Å²) in [6.45, 7) is 2.40. The second-order valence-electron chi connectivity index (χ2n) is 7.97. The molecule has 1 saturated heterocycles. The third-order valence-electron chi connectivity index (χ3n) is 6.07. The fourth-order valence-corrected chi connectivity index (χ4v) is 4.44. The number of hydrogen-bond donors (Lipinski definition) is 3. The third-order valence-corrected chi connectivity index (χ3v) is 6.07. The second kappa shape index (κ2) is 8.74. The standard InChI is InChI=1S/C23H27FN4O/c24-23-21-7-2-1-4-18(21)13-22(23)26-14-19(27-25)15-28-10-8-16(9-11-28)17-5-3-6-20(29)12-17/h1-7,12,14,16,22-23,25-26,29H,8-11,13,15H2/b19-14-,27-25?/t22-,23-/m1/s1. The summed E-state index contributed by atoms with van der Waals surface area (Å²) in [7, 11) is 0. The minimum Gasteiger partial charge on any atom is -0.508 e. The Labute approximate surface area is 170 Å².